The van der Waals surface area contributed by atoms with E-state index in [2.05, 4.69) is 13.8 Å². The standard InChI is InChI=1S/C11H24O3/c1-3-4-5-6-7-10(2)8-9-11(12,13)14/h10,12-14H,3-9H2,1-2H3. The summed E-state index contributed by atoms with van der Waals surface area (Å²) in [5.74, 6) is -2.02. The molecule has 0 aliphatic rings. The minimum absolute atomic E-state index is 0.0436. The van der Waals surface area contributed by atoms with Crippen LogP contribution in [0.1, 0.15) is 58.8 Å². The fourth-order valence-corrected chi connectivity index (χ4v) is 1.50. The number of hydrogen-bond donors (Lipinski definition) is 3. The van der Waals surface area contributed by atoms with Crippen LogP contribution in [0.2, 0.25) is 0 Å². The summed E-state index contributed by atoms with van der Waals surface area (Å²) in [5.41, 5.74) is 0. The van der Waals surface area contributed by atoms with Crippen LogP contribution in [0.15, 0.2) is 0 Å². The second kappa shape index (κ2) is 7.21. The molecule has 0 aliphatic carbocycles. The molecule has 3 heteroatoms. The van der Waals surface area contributed by atoms with Gasteiger partial charge in [-0.05, 0) is 12.3 Å². The lowest BCUT2D eigenvalue weighted by Gasteiger charge is -2.17. The van der Waals surface area contributed by atoms with Gasteiger partial charge in [0.25, 0.3) is 5.97 Å². The normalized spacial score (nSPS) is 14.4. The first kappa shape index (κ1) is 13.9. The van der Waals surface area contributed by atoms with Crippen molar-refractivity contribution < 1.29 is 15.3 Å². The third-order valence-electron chi connectivity index (χ3n) is 2.52. The summed E-state index contributed by atoms with van der Waals surface area (Å²) in [4.78, 5) is 0. The van der Waals surface area contributed by atoms with Crippen molar-refractivity contribution in [3.8, 4) is 0 Å². The molecule has 1 unspecified atom stereocenters. The first-order chi connectivity index (χ1) is 6.45. The second-order valence-electron chi connectivity index (χ2n) is 4.27. The van der Waals surface area contributed by atoms with E-state index in [1.807, 2.05) is 0 Å². The van der Waals surface area contributed by atoms with Gasteiger partial charge in [0.1, 0.15) is 0 Å². The highest BCUT2D eigenvalue weighted by molar-refractivity contribution is 4.57. The van der Waals surface area contributed by atoms with Crippen LogP contribution in [0.3, 0.4) is 0 Å². The second-order valence-corrected chi connectivity index (χ2v) is 4.27. The van der Waals surface area contributed by atoms with Crippen LogP contribution >= 0.6 is 0 Å². The van der Waals surface area contributed by atoms with Gasteiger partial charge < -0.3 is 15.3 Å². The summed E-state index contributed by atoms with van der Waals surface area (Å²) in [6.07, 6.45) is 6.78. The molecule has 0 saturated carbocycles. The molecule has 14 heavy (non-hydrogen) atoms. The highest BCUT2D eigenvalue weighted by Crippen LogP contribution is 2.18. The molecule has 0 bridgehead atoms. The molecule has 0 radical (unpaired) electrons. The molecule has 0 fully saturated rings. The van der Waals surface area contributed by atoms with Crippen molar-refractivity contribution in [3.63, 3.8) is 0 Å². The van der Waals surface area contributed by atoms with Crippen molar-refractivity contribution in [1.82, 2.24) is 0 Å². The third-order valence-corrected chi connectivity index (χ3v) is 2.52. The van der Waals surface area contributed by atoms with Crippen molar-refractivity contribution >= 4 is 0 Å². The van der Waals surface area contributed by atoms with E-state index >= 15 is 0 Å². The van der Waals surface area contributed by atoms with Crippen molar-refractivity contribution in [2.45, 2.75) is 64.8 Å². The number of unbranched alkanes of at least 4 members (excludes halogenated alkanes) is 3. The molecule has 86 valence electrons. The van der Waals surface area contributed by atoms with E-state index in [1.165, 1.54) is 25.7 Å². The zero-order valence-electron chi connectivity index (χ0n) is 9.37. The van der Waals surface area contributed by atoms with Gasteiger partial charge in [0.15, 0.2) is 0 Å². The van der Waals surface area contributed by atoms with E-state index in [-0.39, 0.29) is 6.42 Å². The van der Waals surface area contributed by atoms with Crippen molar-refractivity contribution in [2.75, 3.05) is 0 Å². The number of aliphatic hydroxyl groups is 3. The van der Waals surface area contributed by atoms with E-state index in [9.17, 15) is 0 Å². The topological polar surface area (TPSA) is 60.7 Å². The first-order valence-corrected chi connectivity index (χ1v) is 5.63. The van der Waals surface area contributed by atoms with Crippen LogP contribution in [0.4, 0.5) is 0 Å². The average Bonchev–Trinajstić information content (AvgIpc) is 2.08. The van der Waals surface area contributed by atoms with Gasteiger partial charge in [-0.25, -0.2) is 0 Å². The van der Waals surface area contributed by atoms with Gasteiger partial charge in [0.2, 0.25) is 0 Å². The maximum absolute atomic E-state index is 8.69. The minimum atomic E-state index is -2.47. The molecular weight excluding hydrogens is 180 g/mol. The Kier molecular flexibility index (Phi) is 7.15. The van der Waals surface area contributed by atoms with E-state index in [0.29, 0.717) is 12.3 Å². The monoisotopic (exact) mass is 204 g/mol. The highest BCUT2D eigenvalue weighted by atomic mass is 16.7. The van der Waals surface area contributed by atoms with E-state index in [0.717, 1.165) is 6.42 Å². The average molecular weight is 204 g/mol. The number of hydrogen-bond acceptors (Lipinski definition) is 3. The molecule has 0 rings (SSSR count). The largest absolute Gasteiger partial charge is 0.344 e. The van der Waals surface area contributed by atoms with Crippen LogP contribution in [0, 0.1) is 5.92 Å². The molecule has 0 aliphatic heterocycles. The lowest BCUT2D eigenvalue weighted by atomic mass is 9.97. The van der Waals surface area contributed by atoms with E-state index in [1.54, 1.807) is 0 Å². The summed E-state index contributed by atoms with van der Waals surface area (Å²) in [6, 6.07) is 0. The molecule has 0 spiro atoms. The number of rotatable bonds is 8. The van der Waals surface area contributed by atoms with Crippen LogP contribution in [0.25, 0.3) is 0 Å². The van der Waals surface area contributed by atoms with Gasteiger partial charge >= 0.3 is 0 Å². The lowest BCUT2D eigenvalue weighted by Crippen LogP contribution is -2.27. The van der Waals surface area contributed by atoms with Crippen molar-refractivity contribution in [2.24, 2.45) is 5.92 Å². The Balaban J connectivity index is 3.32. The lowest BCUT2D eigenvalue weighted by molar-refractivity contribution is -0.315. The molecular formula is C11H24O3. The Bertz CT molecular complexity index is 129. The quantitative estimate of drug-likeness (QED) is 0.418. The zero-order chi connectivity index (χ0) is 11.0. The van der Waals surface area contributed by atoms with Gasteiger partial charge in [0, 0.05) is 6.42 Å². The Hall–Kier alpha value is -0.120. The maximum Gasteiger partial charge on any atom is 0.275 e. The summed E-state index contributed by atoms with van der Waals surface area (Å²) in [6.45, 7) is 4.26. The van der Waals surface area contributed by atoms with Gasteiger partial charge in [-0.1, -0.05) is 46.0 Å². The van der Waals surface area contributed by atoms with Gasteiger partial charge in [-0.3, -0.25) is 0 Å². The molecule has 0 aromatic heterocycles. The molecule has 0 heterocycles. The van der Waals surface area contributed by atoms with Crippen LogP contribution in [0.5, 0.6) is 0 Å². The van der Waals surface area contributed by atoms with Crippen LogP contribution < -0.4 is 0 Å². The smallest absolute Gasteiger partial charge is 0.275 e. The predicted molar refractivity (Wildman–Crippen MR) is 56.5 cm³/mol. The Morgan fingerprint density at radius 3 is 2.14 bits per heavy atom. The Morgan fingerprint density at radius 2 is 1.64 bits per heavy atom. The van der Waals surface area contributed by atoms with Gasteiger partial charge in [-0.15, -0.1) is 0 Å². The van der Waals surface area contributed by atoms with Crippen molar-refractivity contribution in [1.29, 1.82) is 0 Å². The summed E-state index contributed by atoms with van der Waals surface area (Å²) in [5, 5.41) is 26.1. The SMILES string of the molecule is CCCCCCC(C)CCC(O)(O)O. The van der Waals surface area contributed by atoms with Gasteiger partial charge in [-0.2, -0.15) is 0 Å². The van der Waals surface area contributed by atoms with E-state index in [4.69, 9.17) is 15.3 Å². The maximum atomic E-state index is 8.69. The summed E-state index contributed by atoms with van der Waals surface area (Å²) < 4.78 is 0. The van der Waals surface area contributed by atoms with Crippen molar-refractivity contribution in [3.05, 3.63) is 0 Å². The fourth-order valence-electron chi connectivity index (χ4n) is 1.50. The van der Waals surface area contributed by atoms with Gasteiger partial charge in [0.05, 0.1) is 0 Å². The summed E-state index contributed by atoms with van der Waals surface area (Å²) >= 11 is 0. The molecule has 1 atom stereocenters. The first-order valence-electron chi connectivity index (χ1n) is 5.63. The fraction of sp³-hybridized carbons (Fsp3) is 1.00. The van der Waals surface area contributed by atoms with E-state index < -0.39 is 5.97 Å². The van der Waals surface area contributed by atoms with Crippen LogP contribution in [-0.2, 0) is 0 Å². The highest BCUT2D eigenvalue weighted by Gasteiger charge is 2.18. The Labute approximate surface area is 86.8 Å². The molecule has 0 aromatic carbocycles. The third kappa shape index (κ3) is 9.96. The minimum Gasteiger partial charge on any atom is -0.344 e. The molecule has 0 amide bonds. The molecule has 0 saturated heterocycles. The zero-order valence-corrected chi connectivity index (χ0v) is 9.37. The Morgan fingerprint density at radius 1 is 1.00 bits per heavy atom. The molecule has 0 aromatic rings. The summed E-state index contributed by atoms with van der Waals surface area (Å²) in [7, 11) is 0. The predicted octanol–water partition coefficient (Wildman–Crippen LogP) is 2.00. The molecule has 3 N–H and O–H groups in total. The molecule has 3 nitrogen and oxygen atoms in total. The van der Waals surface area contributed by atoms with Crippen LogP contribution in [-0.4, -0.2) is 21.3 Å².